The standard InChI is InChI=1S/C18H19N5O2/c1-22(12-15-10-6-7-11-16(15)25-2)17(24)13-23-20-18(19-21-23)14-8-4-3-5-9-14/h3-11H,12-13H2,1-2H3. The Morgan fingerprint density at radius 2 is 1.84 bits per heavy atom. The van der Waals surface area contributed by atoms with Gasteiger partial charge in [-0.1, -0.05) is 48.5 Å². The highest BCUT2D eigenvalue weighted by Crippen LogP contribution is 2.19. The van der Waals surface area contributed by atoms with E-state index < -0.39 is 0 Å². The molecule has 128 valence electrons. The van der Waals surface area contributed by atoms with E-state index in [1.807, 2.05) is 54.6 Å². The topological polar surface area (TPSA) is 73.1 Å². The smallest absolute Gasteiger partial charge is 0.246 e. The lowest BCUT2D eigenvalue weighted by molar-refractivity contribution is -0.131. The molecule has 2 aromatic carbocycles. The third-order valence-electron chi connectivity index (χ3n) is 3.79. The van der Waals surface area contributed by atoms with Crippen LogP contribution in [0.1, 0.15) is 5.56 Å². The Balaban J connectivity index is 1.65. The van der Waals surface area contributed by atoms with Crippen LogP contribution in [0, 0.1) is 0 Å². The number of methoxy groups -OCH3 is 1. The minimum absolute atomic E-state index is 0.0332. The van der Waals surface area contributed by atoms with E-state index in [9.17, 15) is 4.79 Å². The van der Waals surface area contributed by atoms with Crippen molar-refractivity contribution in [3.8, 4) is 17.1 Å². The molecule has 0 unspecified atom stereocenters. The number of amides is 1. The van der Waals surface area contributed by atoms with E-state index in [1.54, 1.807) is 19.1 Å². The van der Waals surface area contributed by atoms with Crippen LogP contribution in [0.2, 0.25) is 0 Å². The minimum atomic E-state index is -0.108. The molecule has 25 heavy (non-hydrogen) atoms. The molecule has 0 aliphatic rings. The first-order chi connectivity index (χ1) is 12.2. The number of para-hydroxylation sites is 1. The number of carbonyl (C=O) groups is 1. The summed E-state index contributed by atoms with van der Waals surface area (Å²) in [6.07, 6.45) is 0. The highest BCUT2D eigenvalue weighted by atomic mass is 16.5. The Hall–Kier alpha value is -3.22. The molecule has 1 aromatic heterocycles. The van der Waals surface area contributed by atoms with Gasteiger partial charge in [0.1, 0.15) is 12.3 Å². The van der Waals surface area contributed by atoms with Gasteiger partial charge in [0.15, 0.2) is 0 Å². The fourth-order valence-electron chi connectivity index (χ4n) is 2.43. The third kappa shape index (κ3) is 4.00. The molecule has 0 fully saturated rings. The molecule has 0 aliphatic heterocycles. The summed E-state index contributed by atoms with van der Waals surface area (Å²) >= 11 is 0. The van der Waals surface area contributed by atoms with Gasteiger partial charge < -0.3 is 9.64 Å². The number of benzene rings is 2. The van der Waals surface area contributed by atoms with Gasteiger partial charge in [0.25, 0.3) is 0 Å². The van der Waals surface area contributed by atoms with Crippen molar-refractivity contribution in [2.24, 2.45) is 0 Å². The Kier molecular flexibility index (Phi) is 5.03. The van der Waals surface area contributed by atoms with Crippen molar-refractivity contribution in [2.45, 2.75) is 13.1 Å². The Labute approximate surface area is 145 Å². The van der Waals surface area contributed by atoms with Crippen molar-refractivity contribution >= 4 is 5.91 Å². The molecule has 0 aliphatic carbocycles. The normalized spacial score (nSPS) is 10.5. The van der Waals surface area contributed by atoms with Crippen molar-refractivity contribution in [3.63, 3.8) is 0 Å². The average Bonchev–Trinajstić information content (AvgIpc) is 3.11. The maximum atomic E-state index is 12.4. The van der Waals surface area contributed by atoms with E-state index in [4.69, 9.17) is 4.74 Å². The monoisotopic (exact) mass is 337 g/mol. The van der Waals surface area contributed by atoms with Gasteiger partial charge in [-0.25, -0.2) is 0 Å². The molecule has 0 saturated heterocycles. The lowest BCUT2D eigenvalue weighted by Crippen LogP contribution is -2.30. The summed E-state index contributed by atoms with van der Waals surface area (Å²) in [4.78, 5) is 15.3. The van der Waals surface area contributed by atoms with Crippen LogP contribution >= 0.6 is 0 Å². The molecule has 7 heteroatoms. The summed E-state index contributed by atoms with van der Waals surface area (Å²) in [5.41, 5.74) is 1.81. The van der Waals surface area contributed by atoms with E-state index >= 15 is 0 Å². The number of carbonyl (C=O) groups excluding carboxylic acids is 1. The van der Waals surface area contributed by atoms with E-state index in [1.165, 1.54) is 4.80 Å². The highest BCUT2D eigenvalue weighted by Gasteiger charge is 2.14. The first-order valence-corrected chi connectivity index (χ1v) is 7.86. The van der Waals surface area contributed by atoms with Gasteiger partial charge in [-0.3, -0.25) is 4.79 Å². The second kappa shape index (κ2) is 7.57. The number of tetrazole rings is 1. The van der Waals surface area contributed by atoms with Crippen LogP contribution < -0.4 is 4.74 Å². The van der Waals surface area contributed by atoms with Crippen molar-refractivity contribution in [2.75, 3.05) is 14.2 Å². The summed E-state index contributed by atoms with van der Waals surface area (Å²) in [7, 11) is 3.36. The highest BCUT2D eigenvalue weighted by molar-refractivity contribution is 5.75. The number of ether oxygens (including phenoxy) is 1. The summed E-state index contributed by atoms with van der Waals surface area (Å²) in [5, 5.41) is 12.2. The van der Waals surface area contributed by atoms with Crippen LogP contribution in [-0.4, -0.2) is 45.2 Å². The molecule has 0 spiro atoms. The van der Waals surface area contributed by atoms with Gasteiger partial charge in [-0.15, -0.1) is 10.2 Å². The zero-order valence-corrected chi connectivity index (χ0v) is 14.2. The number of rotatable bonds is 6. The van der Waals surface area contributed by atoms with Crippen molar-refractivity contribution in [3.05, 3.63) is 60.2 Å². The quantitative estimate of drug-likeness (QED) is 0.688. The molecular formula is C18H19N5O2. The van der Waals surface area contributed by atoms with Gasteiger partial charge in [-0.05, 0) is 11.3 Å². The molecule has 1 amide bonds. The van der Waals surface area contributed by atoms with Crippen LogP contribution in [0.15, 0.2) is 54.6 Å². The van der Waals surface area contributed by atoms with Gasteiger partial charge in [0.2, 0.25) is 11.7 Å². The molecule has 0 N–H and O–H groups in total. The summed E-state index contributed by atoms with van der Waals surface area (Å²) < 4.78 is 5.32. The minimum Gasteiger partial charge on any atom is -0.496 e. The second-order valence-electron chi connectivity index (χ2n) is 5.57. The van der Waals surface area contributed by atoms with Gasteiger partial charge in [0, 0.05) is 24.7 Å². The zero-order valence-electron chi connectivity index (χ0n) is 14.2. The van der Waals surface area contributed by atoms with E-state index in [2.05, 4.69) is 15.4 Å². The van der Waals surface area contributed by atoms with E-state index in [0.29, 0.717) is 12.4 Å². The third-order valence-corrected chi connectivity index (χ3v) is 3.79. The number of likely N-dealkylation sites (N-methyl/N-ethyl adjacent to an activating group) is 1. The molecule has 0 saturated carbocycles. The zero-order chi connectivity index (χ0) is 17.6. The van der Waals surface area contributed by atoms with Crippen LogP contribution in [0.3, 0.4) is 0 Å². The maximum absolute atomic E-state index is 12.4. The van der Waals surface area contributed by atoms with Crippen molar-refractivity contribution in [1.82, 2.24) is 25.1 Å². The van der Waals surface area contributed by atoms with Crippen molar-refractivity contribution < 1.29 is 9.53 Å². The Bertz CT molecular complexity index is 847. The first kappa shape index (κ1) is 16.6. The predicted octanol–water partition coefficient (Wildman–Crippen LogP) is 2.01. The molecule has 3 rings (SSSR count). The van der Waals surface area contributed by atoms with Gasteiger partial charge in [-0.2, -0.15) is 4.80 Å². The SMILES string of the molecule is COc1ccccc1CN(C)C(=O)Cn1nnc(-c2ccccc2)n1. The summed E-state index contributed by atoms with van der Waals surface area (Å²) in [6, 6.07) is 17.2. The average molecular weight is 337 g/mol. The molecular weight excluding hydrogens is 318 g/mol. The molecule has 0 bridgehead atoms. The van der Waals surface area contributed by atoms with E-state index in [0.717, 1.165) is 16.9 Å². The van der Waals surface area contributed by atoms with Gasteiger partial charge >= 0.3 is 0 Å². The van der Waals surface area contributed by atoms with Crippen molar-refractivity contribution in [1.29, 1.82) is 0 Å². The molecule has 0 atom stereocenters. The summed E-state index contributed by atoms with van der Waals surface area (Å²) in [5.74, 6) is 1.15. The fourth-order valence-corrected chi connectivity index (χ4v) is 2.43. The Morgan fingerprint density at radius 3 is 2.60 bits per heavy atom. The molecule has 1 heterocycles. The lowest BCUT2D eigenvalue weighted by Gasteiger charge is -2.18. The number of nitrogens with zero attached hydrogens (tertiary/aromatic N) is 5. The number of hydrogen-bond acceptors (Lipinski definition) is 5. The fraction of sp³-hybridized carbons (Fsp3) is 0.222. The summed E-state index contributed by atoms with van der Waals surface area (Å²) in [6.45, 7) is 0.481. The lowest BCUT2D eigenvalue weighted by atomic mass is 10.2. The Morgan fingerprint density at radius 1 is 1.12 bits per heavy atom. The van der Waals surface area contributed by atoms with Crippen LogP contribution in [-0.2, 0) is 17.9 Å². The largest absolute Gasteiger partial charge is 0.496 e. The number of hydrogen-bond donors (Lipinski definition) is 0. The van der Waals surface area contributed by atoms with Gasteiger partial charge in [0.05, 0.1) is 7.11 Å². The second-order valence-corrected chi connectivity index (χ2v) is 5.57. The molecule has 0 radical (unpaired) electrons. The van der Waals surface area contributed by atoms with Crippen LogP contribution in [0.5, 0.6) is 5.75 Å². The maximum Gasteiger partial charge on any atom is 0.246 e. The van der Waals surface area contributed by atoms with Crippen LogP contribution in [0.25, 0.3) is 11.4 Å². The molecule has 3 aromatic rings. The van der Waals surface area contributed by atoms with Crippen LogP contribution in [0.4, 0.5) is 0 Å². The predicted molar refractivity (Wildman–Crippen MR) is 92.7 cm³/mol. The molecule has 7 nitrogen and oxygen atoms in total. The number of aromatic nitrogens is 4. The van der Waals surface area contributed by atoms with E-state index in [-0.39, 0.29) is 12.5 Å². The first-order valence-electron chi connectivity index (χ1n) is 7.86.